The molecule has 2 N–H and O–H groups in total. The van der Waals surface area contributed by atoms with Crippen molar-refractivity contribution in [2.24, 2.45) is 0 Å². The molecule has 0 bridgehead atoms. The second-order valence-electron chi connectivity index (χ2n) is 3.83. The maximum absolute atomic E-state index is 12.7. The van der Waals surface area contributed by atoms with Gasteiger partial charge < -0.3 is 10.4 Å². The van der Waals surface area contributed by atoms with Gasteiger partial charge in [-0.3, -0.25) is 4.79 Å². The molecule has 0 spiro atoms. The Morgan fingerprint density at radius 2 is 1.85 bits per heavy atom. The summed E-state index contributed by atoms with van der Waals surface area (Å²) in [6.45, 7) is 0. The fourth-order valence-corrected chi connectivity index (χ4v) is 2.25. The number of anilines is 1. The SMILES string of the molecule is O=C(O)C=Cc1ccc(C(=O)Nc2ccc(F)cc2)s1. The van der Waals surface area contributed by atoms with Crippen LogP contribution in [0.3, 0.4) is 0 Å². The van der Waals surface area contributed by atoms with E-state index in [-0.39, 0.29) is 11.7 Å². The van der Waals surface area contributed by atoms with Gasteiger partial charge in [0.15, 0.2) is 0 Å². The van der Waals surface area contributed by atoms with Gasteiger partial charge in [-0.05, 0) is 42.5 Å². The molecule has 1 amide bonds. The number of hydrogen-bond donors (Lipinski definition) is 2. The number of nitrogens with one attached hydrogen (secondary N) is 1. The van der Waals surface area contributed by atoms with Crippen molar-refractivity contribution in [1.29, 1.82) is 0 Å². The molecule has 0 aliphatic carbocycles. The molecular formula is C14H10FNO3S. The van der Waals surface area contributed by atoms with Crippen LogP contribution in [0.2, 0.25) is 0 Å². The monoisotopic (exact) mass is 291 g/mol. The minimum Gasteiger partial charge on any atom is -0.478 e. The number of carbonyl (C=O) groups is 2. The van der Waals surface area contributed by atoms with E-state index in [0.29, 0.717) is 15.4 Å². The van der Waals surface area contributed by atoms with Gasteiger partial charge in [0.1, 0.15) is 5.82 Å². The molecule has 0 atom stereocenters. The predicted molar refractivity (Wildman–Crippen MR) is 75.3 cm³/mol. The molecular weight excluding hydrogens is 281 g/mol. The molecule has 0 saturated carbocycles. The molecule has 4 nitrogen and oxygen atoms in total. The molecule has 2 aromatic rings. The number of thiophene rings is 1. The summed E-state index contributed by atoms with van der Waals surface area (Å²) in [4.78, 5) is 23.4. The highest BCUT2D eigenvalue weighted by atomic mass is 32.1. The normalized spacial score (nSPS) is 10.7. The molecule has 1 aromatic heterocycles. The Bertz CT molecular complexity index is 661. The van der Waals surface area contributed by atoms with Crippen LogP contribution in [0.4, 0.5) is 10.1 Å². The molecule has 0 unspecified atom stereocenters. The predicted octanol–water partition coefficient (Wildman–Crippen LogP) is 3.24. The van der Waals surface area contributed by atoms with E-state index >= 15 is 0 Å². The Morgan fingerprint density at radius 1 is 1.15 bits per heavy atom. The zero-order valence-electron chi connectivity index (χ0n) is 10.2. The van der Waals surface area contributed by atoms with Crippen molar-refractivity contribution >= 4 is 35.0 Å². The van der Waals surface area contributed by atoms with Gasteiger partial charge in [0, 0.05) is 16.6 Å². The Labute approximate surface area is 118 Å². The quantitative estimate of drug-likeness (QED) is 0.850. The van der Waals surface area contributed by atoms with Crippen molar-refractivity contribution < 1.29 is 19.1 Å². The first-order valence-corrected chi connectivity index (χ1v) is 6.44. The maximum Gasteiger partial charge on any atom is 0.328 e. The fraction of sp³-hybridized carbons (Fsp3) is 0. The lowest BCUT2D eigenvalue weighted by Crippen LogP contribution is -2.09. The largest absolute Gasteiger partial charge is 0.478 e. The molecule has 102 valence electrons. The van der Waals surface area contributed by atoms with E-state index < -0.39 is 5.97 Å². The topological polar surface area (TPSA) is 66.4 Å². The smallest absolute Gasteiger partial charge is 0.328 e. The fourth-order valence-electron chi connectivity index (χ4n) is 1.44. The zero-order chi connectivity index (χ0) is 14.5. The van der Waals surface area contributed by atoms with E-state index in [9.17, 15) is 14.0 Å². The number of benzene rings is 1. The van der Waals surface area contributed by atoms with Crippen LogP contribution in [0.5, 0.6) is 0 Å². The number of aliphatic carboxylic acids is 1. The van der Waals surface area contributed by atoms with E-state index in [1.165, 1.54) is 41.7 Å². The highest BCUT2D eigenvalue weighted by Gasteiger charge is 2.08. The Hall–Kier alpha value is -2.47. The van der Waals surface area contributed by atoms with E-state index in [2.05, 4.69) is 5.32 Å². The van der Waals surface area contributed by atoms with Crippen molar-refractivity contribution in [3.63, 3.8) is 0 Å². The molecule has 1 aromatic carbocycles. The third kappa shape index (κ3) is 3.76. The molecule has 0 radical (unpaired) electrons. The van der Waals surface area contributed by atoms with Gasteiger partial charge in [0.2, 0.25) is 0 Å². The zero-order valence-corrected chi connectivity index (χ0v) is 11.0. The first kappa shape index (κ1) is 14.0. The van der Waals surface area contributed by atoms with Crippen LogP contribution in [0.15, 0.2) is 42.5 Å². The Balaban J connectivity index is 2.06. The molecule has 1 heterocycles. The van der Waals surface area contributed by atoms with Gasteiger partial charge in [-0.25, -0.2) is 9.18 Å². The highest BCUT2D eigenvalue weighted by molar-refractivity contribution is 7.15. The minimum absolute atomic E-state index is 0.323. The number of carboxylic acid groups (broad SMARTS) is 1. The Morgan fingerprint density at radius 3 is 2.50 bits per heavy atom. The summed E-state index contributed by atoms with van der Waals surface area (Å²) in [6.07, 6.45) is 2.43. The number of halogens is 1. The maximum atomic E-state index is 12.7. The van der Waals surface area contributed by atoms with E-state index in [0.717, 1.165) is 6.08 Å². The van der Waals surface area contributed by atoms with Crippen LogP contribution in [-0.4, -0.2) is 17.0 Å². The van der Waals surface area contributed by atoms with Crippen molar-refractivity contribution in [1.82, 2.24) is 0 Å². The number of hydrogen-bond acceptors (Lipinski definition) is 3. The van der Waals surface area contributed by atoms with Gasteiger partial charge >= 0.3 is 5.97 Å². The third-order valence-corrected chi connectivity index (χ3v) is 3.39. The van der Waals surface area contributed by atoms with Crippen LogP contribution in [-0.2, 0) is 4.79 Å². The summed E-state index contributed by atoms with van der Waals surface area (Å²) >= 11 is 1.17. The van der Waals surface area contributed by atoms with Gasteiger partial charge in [0.05, 0.1) is 4.88 Å². The summed E-state index contributed by atoms with van der Waals surface area (Å²) in [6, 6.07) is 8.70. The molecule has 0 aliphatic heterocycles. The number of amides is 1. The first-order valence-electron chi connectivity index (χ1n) is 5.62. The average Bonchev–Trinajstić information content (AvgIpc) is 2.88. The second-order valence-corrected chi connectivity index (χ2v) is 4.95. The number of rotatable bonds is 4. The van der Waals surface area contributed by atoms with Crippen LogP contribution < -0.4 is 5.32 Å². The van der Waals surface area contributed by atoms with Crippen LogP contribution >= 0.6 is 11.3 Å². The molecule has 0 fully saturated rings. The lowest BCUT2D eigenvalue weighted by Gasteiger charge is -2.02. The van der Waals surface area contributed by atoms with Gasteiger partial charge in [0.25, 0.3) is 5.91 Å². The number of carbonyl (C=O) groups excluding carboxylic acids is 1. The van der Waals surface area contributed by atoms with E-state index in [1.807, 2.05) is 0 Å². The van der Waals surface area contributed by atoms with Gasteiger partial charge in [-0.1, -0.05) is 0 Å². The third-order valence-electron chi connectivity index (χ3n) is 2.34. The van der Waals surface area contributed by atoms with E-state index in [1.54, 1.807) is 12.1 Å². The van der Waals surface area contributed by atoms with Crippen molar-refractivity contribution in [3.8, 4) is 0 Å². The molecule has 2 rings (SSSR count). The summed E-state index contributed by atoms with van der Waals surface area (Å²) in [5, 5.41) is 11.1. The molecule has 20 heavy (non-hydrogen) atoms. The van der Waals surface area contributed by atoms with Crippen LogP contribution in [0.1, 0.15) is 14.5 Å². The number of carboxylic acids is 1. The Kier molecular flexibility index (Phi) is 4.27. The second kappa shape index (κ2) is 6.12. The van der Waals surface area contributed by atoms with Crippen molar-refractivity contribution in [2.75, 3.05) is 5.32 Å². The summed E-state index contributed by atoms with van der Waals surface area (Å²) in [5.41, 5.74) is 0.493. The van der Waals surface area contributed by atoms with Crippen LogP contribution in [0, 0.1) is 5.82 Å². The molecule has 6 heteroatoms. The minimum atomic E-state index is -1.05. The van der Waals surface area contributed by atoms with Gasteiger partial charge in [-0.2, -0.15) is 0 Å². The lowest BCUT2D eigenvalue weighted by molar-refractivity contribution is -0.131. The first-order chi connectivity index (χ1) is 9.54. The van der Waals surface area contributed by atoms with Crippen molar-refractivity contribution in [2.45, 2.75) is 0 Å². The highest BCUT2D eigenvalue weighted by Crippen LogP contribution is 2.19. The van der Waals surface area contributed by atoms with Gasteiger partial charge in [-0.15, -0.1) is 11.3 Å². The summed E-state index contributed by atoms with van der Waals surface area (Å²) in [5.74, 6) is -1.74. The molecule has 0 aliphatic rings. The lowest BCUT2D eigenvalue weighted by atomic mass is 10.3. The van der Waals surface area contributed by atoms with E-state index in [4.69, 9.17) is 5.11 Å². The summed E-state index contributed by atoms with van der Waals surface area (Å²) < 4.78 is 12.7. The van der Waals surface area contributed by atoms with Crippen LogP contribution in [0.25, 0.3) is 6.08 Å². The summed E-state index contributed by atoms with van der Waals surface area (Å²) in [7, 11) is 0. The standard InChI is InChI=1S/C14H10FNO3S/c15-9-1-3-10(4-2-9)16-14(19)12-7-5-11(20-12)6-8-13(17)18/h1-8H,(H,16,19)(H,17,18). The molecule has 0 saturated heterocycles. The van der Waals surface area contributed by atoms with Crippen molar-refractivity contribution in [3.05, 3.63) is 58.0 Å². The average molecular weight is 291 g/mol.